The predicted molar refractivity (Wildman–Crippen MR) is 119 cm³/mol. The van der Waals surface area contributed by atoms with Crippen LogP contribution >= 0.6 is 27.3 Å². The van der Waals surface area contributed by atoms with Crippen LogP contribution in [0.1, 0.15) is 12.1 Å². The number of rotatable bonds is 7. The molecule has 4 nitrogen and oxygen atoms in total. The Kier molecular flexibility index (Phi) is 5.88. The van der Waals surface area contributed by atoms with E-state index >= 15 is 0 Å². The van der Waals surface area contributed by atoms with Crippen molar-refractivity contribution < 1.29 is 4.79 Å². The molecule has 0 fully saturated rings. The van der Waals surface area contributed by atoms with Gasteiger partial charge in [0.15, 0.2) is 0 Å². The standard InChI is InChI=1S/C22H20BrN3OS/c23-18-7-3-6-17(13-18)22-25-19(15-28-22)14-21(27)24-10-4-11-26-12-9-16-5-1-2-8-20(16)26/h1-3,5-9,12-13,15H,4,10-11,14H2,(H,24,27). The maximum absolute atomic E-state index is 12.2. The van der Waals surface area contributed by atoms with Crippen LogP contribution in [-0.4, -0.2) is 22.0 Å². The number of hydrogen-bond acceptors (Lipinski definition) is 3. The van der Waals surface area contributed by atoms with Crippen molar-refractivity contribution in [3.63, 3.8) is 0 Å². The molecule has 1 N–H and O–H groups in total. The second-order valence-electron chi connectivity index (χ2n) is 6.60. The Morgan fingerprint density at radius 2 is 2.04 bits per heavy atom. The van der Waals surface area contributed by atoms with Gasteiger partial charge in [0.1, 0.15) is 5.01 Å². The summed E-state index contributed by atoms with van der Waals surface area (Å²) in [7, 11) is 0. The van der Waals surface area contributed by atoms with Gasteiger partial charge in [-0.1, -0.05) is 46.3 Å². The van der Waals surface area contributed by atoms with Crippen molar-refractivity contribution in [3.05, 3.63) is 76.3 Å². The van der Waals surface area contributed by atoms with Gasteiger partial charge in [0, 0.05) is 40.2 Å². The summed E-state index contributed by atoms with van der Waals surface area (Å²) >= 11 is 5.05. The molecule has 0 spiro atoms. The van der Waals surface area contributed by atoms with E-state index in [1.807, 2.05) is 35.7 Å². The van der Waals surface area contributed by atoms with Gasteiger partial charge in [-0.25, -0.2) is 4.98 Å². The summed E-state index contributed by atoms with van der Waals surface area (Å²) in [6.45, 7) is 1.55. The number of thiazole rings is 1. The highest BCUT2D eigenvalue weighted by Gasteiger charge is 2.09. The Bertz CT molecular complexity index is 1100. The second kappa shape index (κ2) is 8.71. The molecule has 0 bridgehead atoms. The fraction of sp³-hybridized carbons (Fsp3) is 0.182. The largest absolute Gasteiger partial charge is 0.356 e. The summed E-state index contributed by atoms with van der Waals surface area (Å²) in [6.07, 6.45) is 3.31. The predicted octanol–water partition coefficient (Wildman–Crippen LogP) is 5.28. The molecule has 2 heterocycles. The van der Waals surface area contributed by atoms with E-state index in [9.17, 15) is 4.79 Å². The lowest BCUT2D eigenvalue weighted by molar-refractivity contribution is -0.120. The van der Waals surface area contributed by atoms with Crippen molar-refractivity contribution >= 4 is 44.1 Å². The lowest BCUT2D eigenvalue weighted by atomic mass is 10.2. The highest BCUT2D eigenvalue weighted by molar-refractivity contribution is 9.10. The van der Waals surface area contributed by atoms with E-state index in [1.54, 1.807) is 11.3 Å². The smallest absolute Gasteiger partial charge is 0.226 e. The second-order valence-corrected chi connectivity index (χ2v) is 8.38. The molecule has 0 aliphatic carbocycles. The van der Waals surface area contributed by atoms with Crippen molar-refractivity contribution in [2.45, 2.75) is 19.4 Å². The van der Waals surface area contributed by atoms with Crippen LogP contribution in [0.4, 0.5) is 0 Å². The molecular formula is C22H20BrN3OS. The fourth-order valence-electron chi connectivity index (χ4n) is 3.18. The quantitative estimate of drug-likeness (QED) is 0.387. The van der Waals surface area contributed by atoms with Crippen LogP contribution in [0.5, 0.6) is 0 Å². The molecule has 0 radical (unpaired) electrons. The van der Waals surface area contributed by atoms with Gasteiger partial charge in [-0.05, 0) is 36.1 Å². The van der Waals surface area contributed by atoms with E-state index in [0.717, 1.165) is 33.7 Å². The summed E-state index contributed by atoms with van der Waals surface area (Å²) in [5.41, 5.74) is 3.11. The highest BCUT2D eigenvalue weighted by atomic mass is 79.9. The molecule has 0 aliphatic heterocycles. The zero-order valence-electron chi connectivity index (χ0n) is 15.3. The molecule has 2 aromatic carbocycles. The minimum Gasteiger partial charge on any atom is -0.356 e. The normalized spacial score (nSPS) is 11.0. The van der Waals surface area contributed by atoms with Crippen molar-refractivity contribution in [2.24, 2.45) is 0 Å². The summed E-state index contributed by atoms with van der Waals surface area (Å²) in [4.78, 5) is 16.8. The molecule has 4 aromatic rings. The molecule has 6 heteroatoms. The molecule has 0 saturated heterocycles. The molecule has 1 amide bonds. The van der Waals surface area contributed by atoms with Crippen LogP contribution in [0, 0.1) is 0 Å². The fourth-order valence-corrected chi connectivity index (χ4v) is 4.40. The monoisotopic (exact) mass is 453 g/mol. The van der Waals surface area contributed by atoms with E-state index in [0.29, 0.717) is 13.0 Å². The number of hydrogen-bond donors (Lipinski definition) is 1. The molecular weight excluding hydrogens is 434 g/mol. The first-order valence-electron chi connectivity index (χ1n) is 9.20. The van der Waals surface area contributed by atoms with Crippen molar-refractivity contribution in [1.82, 2.24) is 14.9 Å². The number of carbonyl (C=O) groups excluding carboxylic acids is 1. The van der Waals surface area contributed by atoms with Crippen LogP contribution < -0.4 is 5.32 Å². The van der Waals surface area contributed by atoms with Crippen LogP contribution in [0.2, 0.25) is 0 Å². The number of para-hydroxylation sites is 1. The van der Waals surface area contributed by atoms with Gasteiger partial charge in [-0.3, -0.25) is 4.79 Å². The zero-order valence-corrected chi connectivity index (χ0v) is 17.7. The van der Waals surface area contributed by atoms with Crippen LogP contribution in [-0.2, 0) is 17.8 Å². The minimum absolute atomic E-state index is 0.0171. The third-order valence-electron chi connectivity index (χ3n) is 4.54. The highest BCUT2D eigenvalue weighted by Crippen LogP contribution is 2.26. The van der Waals surface area contributed by atoms with E-state index < -0.39 is 0 Å². The van der Waals surface area contributed by atoms with Gasteiger partial charge in [-0.2, -0.15) is 0 Å². The van der Waals surface area contributed by atoms with Gasteiger partial charge in [0.25, 0.3) is 0 Å². The maximum Gasteiger partial charge on any atom is 0.226 e. The third kappa shape index (κ3) is 4.51. The summed E-state index contributed by atoms with van der Waals surface area (Å²) < 4.78 is 3.25. The number of halogens is 1. The minimum atomic E-state index is 0.0171. The van der Waals surface area contributed by atoms with Gasteiger partial charge < -0.3 is 9.88 Å². The van der Waals surface area contributed by atoms with Gasteiger partial charge in [0.05, 0.1) is 12.1 Å². The number of fused-ring (bicyclic) bond motifs is 1. The molecule has 28 heavy (non-hydrogen) atoms. The Morgan fingerprint density at radius 1 is 1.14 bits per heavy atom. The van der Waals surface area contributed by atoms with Crippen molar-refractivity contribution in [1.29, 1.82) is 0 Å². The number of nitrogens with one attached hydrogen (secondary N) is 1. The number of benzene rings is 2. The van der Waals surface area contributed by atoms with E-state index in [4.69, 9.17) is 0 Å². The summed E-state index contributed by atoms with van der Waals surface area (Å²) in [5, 5.41) is 7.15. The number of carbonyl (C=O) groups is 1. The first-order chi connectivity index (χ1) is 13.7. The lowest BCUT2D eigenvalue weighted by Gasteiger charge is -2.07. The summed E-state index contributed by atoms with van der Waals surface area (Å²) in [5.74, 6) is 0.0171. The number of aryl methyl sites for hydroxylation is 1. The van der Waals surface area contributed by atoms with Gasteiger partial charge in [-0.15, -0.1) is 11.3 Å². The molecule has 0 atom stereocenters. The van der Waals surface area contributed by atoms with Crippen molar-refractivity contribution in [2.75, 3.05) is 6.54 Å². The Labute approximate surface area is 176 Å². The van der Waals surface area contributed by atoms with Crippen LogP contribution in [0.15, 0.2) is 70.6 Å². The molecule has 2 aromatic heterocycles. The first-order valence-corrected chi connectivity index (χ1v) is 10.9. The summed E-state index contributed by atoms with van der Waals surface area (Å²) in [6, 6.07) is 18.5. The maximum atomic E-state index is 12.2. The van der Waals surface area contributed by atoms with Crippen LogP contribution in [0.25, 0.3) is 21.5 Å². The topological polar surface area (TPSA) is 46.9 Å². The van der Waals surface area contributed by atoms with Crippen molar-refractivity contribution in [3.8, 4) is 10.6 Å². The van der Waals surface area contributed by atoms with Crippen LogP contribution in [0.3, 0.4) is 0 Å². The average molecular weight is 454 g/mol. The van der Waals surface area contributed by atoms with E-state index in [-0.39, 0.29) is 5.91 Å². The van der Waals surface area contributed by atoms with Gasteiger partial charge in [0.2, 0.25) is 5.91 Å². The number of nitrogens with zero attached hydrogens (tertiary/aromatic N) is 2. The molecule has 0 saturated carbocycles. The van der Waals surface area contributed by atoms with E-state index in [1.165, 1.54) is 10.9 Å². The molecule has 0 aliphatic rings. The average Bonchev–Trinajstić information content (AvgIpc) is 3.32. The Hall–Kier alpha value is -2.44. The first kappa shape index (κ1) is 18.9. The number of aromatic nitrogens is 2. The number of amides is 1. The molecule has 0 unspecified atom stereocenters. The Morgan fingerprint density at radius 3 is 2.93 bits per heavy atom. The SMILES string of the molecule is O=C(Cc1csc(-c2cccc(Br)c2)n1)NCCCn1ccc2ccccc21. The lowest BCUT2D eigenvalue weighted by Crippen LogP contribution is -2.26. The van der Waals surface area contributed by atoms with Gasteiger partial charge >= 0.3 is 0 Å². The molecule has 142 valence electrons. The third-order valence-corrected chi connectivity index (χ3v) is 5.98. The van der Waals surface area contributed by atoms with E-state index in [2.05, 4.69) is 61.3 Å². The molecule has 4 rings (SSSR count). The zero-order chi connectivity index (χ0) is 19.3. The Balaban J connectivity index is 1.26.